The summed E-state index contributed by atoms with van der Waals surface area (Å²) in [7, 11) is 0. The molecule has 1 aromatic rings. The van der Waals surface area contributed by atoms with Crippen LogP contribution in [0.5, 0.6) is 0 Å². The summed E-state index contributed by atoms with van der Waals surface area (Å²) >= 11 is 0. The lowest BCUT2D eigenvalue weighted by Gasteiger charge is -2.18. The molecule has 2 rings (SSSR count). The van der Waals surface area contributed by atoms with Gasteiger partial charge in [-0.2, -0.15) is 5.10 Å². The summed E-state index contributed by atoms with van der Waals surface area (Å²) in [5, 5.41) is 4.60. The van der Waals surface area contributed by atoms with Crippen molar-refractivity contribution in [3.05, 3.63) is 17.5 Å². The minimum Gasteiger partial charge on any atom is -0.271 e. The summed E-state index contributed by atoms with van der Waals surface area (Å²) in [5.41, 5.74) is 5.94. The molecule has 3 N–H and O–H groups in total. The van der Waals surface area contributed by atoms with Gasteiger partial charge in [0.2, 0.25) is 0 Å². The maximum absolute atomic E-state index is 5.73. The van der Waals surface area contributed by atoms with Crippen molar-refractivity contribution in [1.82, 2.24) is 15.2 Å². The van der Waals surface area contributed by atoms with Crippen LogP contribution in [0.4, 0.5) is 0 Å². The lowest BCUT2D eigenvalue weighted by atomic mass is 10.00. The number of aromatic nitrogens is 2. The Bertz CT molecular complexity index is 408. The molecule has 0 aliphatic heterocycles. The topological polar surface area (TPSA) is 55.9 Å². The molecule has 1 saturated carbocycles. The van der Waals surface area contributed by atoms with Crippen molar-refractivity contribution in [2.45, 2.75) is 59.5 Å². The van der Waals surface area contributed by atoms with Gasteiger partial charge in [-0.05, 0) is 37.2 Å². The maximum atomic E-state index is 5.73. The van der Waals surface area contributed by atoms with Crippen molar-refractivity contribution in [1.29, 1.82) is 0 Å². The Labute approximate surface area is 110 Å². The maximum Gasteiger partial charge on any atom is 0.0624 e. The Hall–Kier alpha value is -0.870. The highest BCUT2D eigenvalue weighted by Crippen LogP contribution is 2.53. The Morgan fingerprint density at radius 2 is 2.22 bits per heavy atom. The second kappa shape index (κ2) is 5.02. The van der Waals surface area contributed by atoms with Crippen LogP contribution in [0.1, 0.15) is 45.5 Å². The van der Waals surface area contributed by atoms with Crippen LogP contribution in [0.25, 0.3) is 0 Å². The van der Waals surface area contributed by atoms with E-state index in [-0.39, 0.29) is 0 Å². The molecule has 1 aromatic heterocycles. The molecule has 2 unspecified atom stereocenters. The van der Waals surface area contributed by atoms with E-state index >= 15 is 0 Å². The molecule has 0 aromatic carbocycles. The number of hydrogen-bond donors (Lipinski definition) is 2. The Morgan fingerprint density at radius 3 is 2.67 bits per heavy atom. The van der Waals surface area contributed by atoms with Crippen LogP contribution in [0, 0.1) is 11.3 Å². The number of nitrogens with two attached hydrogens (primary N) is 1. The summed E-state index contributed by atoms with van der Waals surface area (Å²) in [6.45, 7) is 9.85. The van der Waals surface area contributed by atoms with Crippen LogP contribution in [-0.2, 0) is 19.4 Å². The van der Waals surface area contributed by atoms with Crippen LogP contribution in [0.15, 0.2) is 6.07 Å². The molecule has 0 bridgehead atoms. The van der Waals surface area contributed by atoms with Gasteiger partial charge in [-0.3, -0.25) is 16.0 Å². The van der Waals surface area contributed by atoms with Crippen LogP contribution in [0.3, 0.4) is 0 Å². The molecule has 1 aliphatic carbocycles. The van der Waals surface area contributed by atoms with E-state index < -0.39 is 0 Å². The number of nitrogens with zero attached hydrogens (tertiary/aromatic N) is 2. The molecule has 0 spiro atoms. The second-order valence-corrected chi connectivity index (χ2v) is 6.07. The highest BCUT2D eigenvalue weighted by Gasteiger charge is 2.49. The van der Waals surface area contributed by atoms with Gasteiger partial charge < -0.3 is 0 Å². The SMILES string of the molecule is CCc1cc(CC(NN)C2CC2(C)C)n(CC)n1. The number of hydrazine groups is 1. The van der Waals surface area contributed by atoms with Gasteiger partial charge in [-0.25, -0.2) is 0 Å². The molecule has 1 fully saturated rings. The van der Waals surface area contributed by atoms with Crippen molar-refractivity contribution in [2.75, 3.05) is 0 Å². The van der Waals surface area contributed by atoms with E-state index in [0.717, 1.165) is 19.4 Å². The zero-order valence-electron chi connectivity index (χ0n) is 12.0. The van der Waals surface area contributed by atoms with Crippen LogP contribution < -0.4 is 11.3 Å². The fraction of sp³-hybridized carbons (Fsp3) is 0.786. The molecule has 1 heterocycles. The summed E-state index contributed by atoms with van der Waals surface area (Å²) in [6.07, 6.45) is 3.24. The first-order chi connectivity index (χ1) is 8.51. The first kappa shape index (κ1) is 13.6. The van der Waals surface area contributed by atoms with Crippen molar-refractivity contribution in [3.63, 3.8) is 0 Å². The zero-order chi connectivity index (χ0) is 13.3. The van der Waals surface area contributed by atoms with E-state index in [1.54, 1.807) is 0 Å². The van der Waals surface area contributed by atoms with Gasteiger partial charge in [-0.1, -0.05) is 20.8 Å². The fourth-order valence-corrected chi connectivity index (χ4v) is 2.86. The first-order valence-electron chi connectivity index (χ1n) is 7.03. The van der Waals surface area contributed by atoms with Gasteiger partial charge in [0.15, 0.2) is 0 Å². The summed E-state index contributed by atoms with van der Waals surface area (Å²) in [5.74, 6) is 6.42. The molecule has 4 nitrogen and oxygen atoms in total. The van der Waals surface area contributed by atoms with Crippen molar-refractivity contribution in [3.8, 4) is 0 Å². The monoisotopic (exact) mass is 250 g/mol. The molecule has 0 saturated heterocycles. The smallest absolute Gasteiger partial charge is 0.0624 e. The largest absolute Gasteiger partial charge is 0.271 e. The lowest BCUT2D eigenvalue weighted by molar-refractivity contribution is 0.399. The Balaban J connectivity index is 2.09. The van der Waals surface area contributed by atoms with Gasteiger partial charge in [-0.15, -0.1) is 0 Å². The number of aryl methyl sites for hydroxylation is 2. The van der Waals surface area contributed by atoms with Crippen LogP contribution in [-0.4, -0.2) is 15.8 Å². The molecule has 0 amide bonds. The van der Waals surface area contributed by atoms with Crippen molar-refractivity contribution < 1.29 is 0 Å². The normalized spacial score (nSPS) is 23.1. The highest BCUT2D eigenvalue weighted by molar-refractivity contribution is 5.14. The molecular weight excluding hydrogens is 224 g/mol. The van der Waals surface area contributed by atoms with Gasteiger partial charge >= 0.3 is 0 Å². The minimum atomic E-state index is 0.367. The summed E-state index contributed by atoms with van der Waals surface area (Å²) in [4.78, 5) is 0. The minimum absolute atomic E-state index is 0.367. The van der Waals surface area contributed by atoms with E-state index in [0.29, 0.717) is 17.4 Å². The Kier molecular flexibility index (Phi) is 3.78. The van der Waals surface area contributed by atoms with Crippen molar-refractivity contribution >= 4 is 0 Å². The Morgan fingerprint density at radius 1 is 1.56 bits per heavy atom. The number of hydrogen-bond acceptors (Lipinski definition) is 3. The predicted octanol–water partition coefficient (Wildman–Crippen LogP) is 1.89. The third kappa shape index (κ3) is 2.59. The van der Waals surface area contributed by atoms with Crippen LogP contribution in [0.2, 0.25) is 0 Å². The average molecular weight is 250 g/mol. The van der Waals surface area contributed by atoms with Crippen LogP contribution >= 0.6 is 0 Å². The van der Waals surface area contributed by atoms with Gasteiger partial charge in [0.25, 0.3) is 0 Å². The third-order valence-electron chi connectivity index (χ3n) is 4.29. The lowest BCUT2D eigenvalue weighted by Crippen LogP contribution is -2.40. The standard InChI is InChI=1S/C14H26N4/c1-5-10-7-11(18(6-2)17-10)8-13(16-15)12-9-14(12,3)4/h7,12-13,16H,5-6,8-9,15H2,1-4H3. The number of nitrogens with one attached hydrogen (secondary N) is 1. The molecule has 102 valence electrons. The average Bonchev–Trinajstić information content (AvgIpc) is 2.82. The van der Waals surface area contributed by atoms with E-state index in [4.69, 9.17) is 5.84 Å². The zero-order valence-corrected chi connectivity index (χ0v) is 12.0. The van der Waals surface area contributed by atoms with Gasteiger partial charge in [0.05, 0.1) is 5.69 Å². The fourth-order valence-electron chi connectivity index (χ4n) is 2.86. The molecule has 18 heavy (non-hydrogen) atoms. The van der Waals surface area contributed by atoms with Crippen molar-refractivity contribution in [2.24, 2.45) is 17.2 Å². The van der Waals surface area contributed by atoms with E-state index in [9.17, 15) is 0 Å². The predicted molar refractivity (Wildman–Crippen MR) is 74.0 cm³/mol. The summed E-state index contributed by atoms with van der Waals surface area (Å²) in [6, 6.07) is 2.59. The number of rotatable bonds is 6. The van der Waals surface area contributed by atoms with E-state index in [2.05, 4.69) is 49.0 Å². The first-order valence-corrected chi connectivity index (χ1v) is 7.03. The highest BCUT2D eigenvalue weighted by atomic mass is 15.3. The molecule has 4 heteroatoms. The quantitative estimate of drug-likeness (QED) is 0.599. The van der Waals surface area contributed by atoms with Gasteiger partial charge in [0, 0.05) is 24.7 Å². The molecular formula is C14H26N4. The molecule has 1 aliphatic rings. The van der Waals surface area contributed by atoms with E-state index in [1.165, 1.54) is 17.8 Å². The second-order valence-electron chi connectivity index (χ2n) is 6.07. The van der Waals surface area contributed by atoms with E-state index in [1.807, 2.05) is 0 Å². The van der Waals surface area contributed by atoms with Gasteiger partial charge in [0.1, 0.15) is 0 Å². The molecule has 2 atom stereocenters. The third-order valence-corrected chi connectivity index (χ3v) is 4.29. The molecule has 0 radical (unpaired) electrons. The summed E-state index contributed by atoms with van der Waals surface area (Å²) < 4.78 is 2.11.